The molecular weight excluding hydrogens is 274 g/mol. The fraction of sp³-hybridized carbons (Fsp3) is 0.500. The van der Waals surface area contributed by atoms with Gasteiger partial charge >= 0.3 is 0 Å². The molecule has 2 saturated heterocycles. The van der Waals surface area contributed by atoms with Crippen LogP contribution in [0.3, 0.4) is 0 Å². The van der Waals surface area contributed by atoms with E-state index < -0.39 is 0 Å². The Bertz CT molecular complexity index is 631. The predicted octanol–water partition coefficient (Wildman–Crippen LogP) is 2.54. The molecule has 3 heterocycles. The Morgan fingerprint density at radius 1 is 0.909 bits per heavy atom. The number of anilines is 1. The molecule has 22 heavy (non-hydrogen) atoms. The van der Waals surface area contributed by atoms with Crippen LogP contribution in [0.2, 0.25) is 0 Å². The van der Waals surface area contributed by atoms with Crippen molar-refractivity contribution in [2.45, 2.75) is 18.9 Å². The maximum Gasteiger partial charge on any atom is 0.129 e. The number of rotatable bonds is 2. The van der Waals surface area contributed by atoms with E-state index in [1.807, 2.05) is 0 Å². The third-order valence-corrected chi connectivity index (χ3v) is 4.93. The lowest BCUT2D eigenvalue weighted by molar-refractivity contribution is 0.0321. The molecule has 4 rings (SSSR count). The fourth-order valence-electron chi connectivity index (χ4n) is 3.60. The predicted molar refractivity (Wildman–Crippen MR) is 89.4 cm³/mol. The van der Waals surface area contributed by atoms with E-state index in [-0.39, 0.29) is 0 Å². The first kappa shape index (κ1) is 14.0. The normalized spacial score (nSPS) is 21.4. The van der Waals surface area contributed by atoms with Crippen LogP contribution in [0.4, 0.5) is 5.82 Å². The number of nitrogens with zero attached hydrogens (tertiary/aromatic N) is 3. The number of pyridine rings is 1. The number of hydrogen-bond donors (Lipinski definition) is 0. The van der Waals surface area contributed by atoms with E-state index in [4.69, 9.17) is 9.72 Å². The molecule has 1 aromatic heterocycles. The van der Waals surface area contributed by atoms with E-state index in [2.05, 4.69) is 46.2 Å². The minimum absolute atomic E-state index is 0.723. The molecule has 1 aromatic carbocycles. The standard InChI is InChI=1S/C18H23N3O/c1-2-4-17-15(3-1)5-6-18(19-17)21-11-9-20(10-12-21)16-7-13-22-14-8-16/h1-6,16H,7-14H2. The SMILES string of the molecule is c1ccc2nc(N3CCN(C4CCOCC4)CC3)ccc2c1. The summed E-state index contributed by atoms with van der Waals surface area (Å²) in [4.78, 5) is 9.88. The van der Waals surface area contributed by atoms with Gasteiger partial charge in [0.2, 0.25) is 0 Å². The van der Waals surface area contributed by atoms with Crippen molar-refractivity contribution in [1.82, 2.24) is 9.88 Å². The molecule has 0 N–H and O–H groups in total. The van der Waals surface area contributed by atoms with Crippen molar-refractivity contribution in [3.8, 4) is 0 Å². The van der Waals surface area contributed by atoms with Gasteiger partial charge in [0.05, 0.1) is 5.52 Å². The number of hydrogen-bond acceptors (Lipinski definition) is 4. The van der Waals surface area contributed by atoms with E-state index in [1.54, 1.807) is 0 Å². The maximum absolute atomic E-state index is 5.47. The zero-order chi connectivity index (χ0) is 14.8. The molecule has 2 aliphatic rings. The molecule has 2 aromatic rings. The Morgan fingerprint density at radius 3 is 2.50 bits per heavy atom. The molecule has 0 spiro atoms. The smallest absolute Gasteiger partial charge is 0.129 e. The molecule has 116 valence electrons. The Morgan fingerprint density at radius 2 is 1.68 bits per heavy atom. The first-order valence-corrected chi connectivity index (χ1v) is 8.33. The van der Waals surface area contributed by atoms with Gasteiger partial charge < -0.3 is 9.64 Å². The summed E-state index contributed by atoms with van der Waals surface area (Å²) in [6.45, 7) is 6.28. The minimum Gasteiger partial charge on any atom is -0.381 e. The Labute approximate surface area is 131 Å². The van der Waals surface area contributed by atoms with E-state index in [1.165, 1.54) is 18.2 Å². The third kappa shape index (κ3) is 2.81. The third-order valence-electron chi connectivity index (χ3n) is 4.93. The molecular formula is C18H23N3O. The highest BCUT2D eigenvalue weighted by atomic mass is 16.5. The summed E-state index contributed by atoms with van der Waals surface area (Å²) in [5.74, 6) is 1.12. The van der Waals surface area contributed by atoms with Crippen molar-refractivity contribution in [3.63, 3.8) is 0 Å². The van der Waals surface area contributed by atoms with Gasteiger partial charge in [-0.25, -0.2) is 4.98 Å². The van der Waals surface area contributed by atoms with Crippen LogP contribution in [-0.4, -0.2) is 55.3 Å². The largest absolute Gasteiger partial charge is 0.381 e. The molecule has 0 amide bonds. The number of para-hydroxylation sites is 1. The van der Waals surface area contributed by atoms with Crippen molar-refractivity contribution in [2.75, 3.05) is 44.3 Å². The van der Waals surface area contributed by atoms with Crippen LogP contribution < -0.4 is 4.90 Å². The average molecular weight is 297 g/mol. The molecule has 0 radical (unpaired) electrons. The lowest BCUT2D eigenvalue weighted by Crippen LogP contribution is -2.51. The van der Waals surface area contributed by atoms with Gasteiger partial charge in [0, 0.05) is 50.8 Å². The fourth-order valence-corrected chi connectivity index (χ4v) is 3.60. The highest BCUT2D eigenvalue weighted by Gasteiger charge is 2.25. The molecule has 2 aliphatic heterocycles. The van der Waals surface area contributed by atoms with Crippen molar-refractivity contribution in [3.05, 3.63) is 36.4 Å². The van der Waals surface area contributed by atoms with Crippen LogP contribution in [0, 0.1) is 0 Å². The Kier molecular flexibility index (Phi) is 3.95. The quantitative estimate of drug-likeness (QED) is 0.852. The van der Waals surface area contributed by atoms with Gasteiger partial charge in [-0.05, 0) is 31.0 Å². The van der Waals surface area contributed by atoms with Gasteiger partial charge in [0.1, 0.15) is 5.82 Å². The van der Waals surface area contributed by atoms with Crippen LogP contribution in [-0.2, 0) is 4.74 Å². The first-order chi connectivity index (χ1) is 10.9. The summed E-state index contributed by atoms with van der Waals surface area (Å²) in [6, 6.07) is 13.4. The van der Waals surface area contributed by atoms with Gasteiger partial charge in [-0.3, -0.25) is 4.90 Å². The minimum atomic E-state index is 0.723. The van der Waals surface area contributed by atoms with Crippen molar-refractivity contribution >= 4 is 16.7 Å². The summed E-state index contributed by atoms with van der Waals surface area (Å²) < 4.78 is 5.47. The van der Waals surface area contributed by atoms with Crippen molar-refractivity contribution < 1.29 is 4.74 Å². The zero-order valence-electron chi connectivity index (χ0n) is 12.9. The Hall–Kier alpha value is -1.65. The van der Waals surface area contributed by atoms with Gasteiger partial charge in [-0.1, -0.05) is 18.2 Å². The zero-order valence-corrected chi connectivity index (χ0v) is 12.9. The monoisotopic (exact) mass is 297 g/mol. The number of ether oxygens (including phenoxy) is 1. The van der Waals surface area contributed by atoms with E-state index in [0.29, 0.717) is 0 Å². The lowest BCUT2D eigenvalue weighted by Gasteiger charge is -2.41. The van der Waals surface area contributed by atoms with Gasteiger partial charge in [0.25, 0.3) is 0 Å². The molecule has 0 bridgehead atoms. The average Bonchev–Trinajstić information content (AvgIpc) is 2.62. The number of piperazine rings is 1. The maximum atomic E-state index is 5.47. The van der Waals surface area contributed by atoms with Gasteiger partial charge in [-0.2, -0.15) is 0 Å². The van der Waals surface area contributed by atoms with Crippen molar-refractivity contribution in [1.29, 1.82) is 0 Å². The van der Waals surface area contributed by atoms with E-state index in [9.17, 15) is 0 Å². The number of aromatic nitrogens is 1. The van der Waals surface area contributed by atoms with Crippen LogP contribution in [0.5, 0.6) is 0 Å². The molecule has 0 unspecified atom stereocenters. The summed E-state index contributed by atoms with van der Waals surface area (Å²) in [5, 5.41) is 1.21. The molecule has 0 atom stereocenters. The molecule has 4 heteroatoms. The van der Waals surface area contributed by atoms with E-state index in [0.717, 1.165) is 56.8 Å². The number of benzene rings is 1. The van der Waals surface area contributed by atoms with Crippen molar-refractivity contribution in [2.24, 2.45) is 0 Å². The van der Waals surface area contributed by atoms with E-state index >= 15 is 0 Å². The molecule has 2 fully saturated rings. The van der Waals surface area contributed by atoms with Gasteiger partial charge in [0.15, 0.2) is 0 Å². The second-order valence-electron chi connectivity index (χ2n) is 6.23. The highest BCUT2D eigenvalue weighted by Crippen LogP contribution is 2.21. The second kappa shape index (κ2) is 6.23. The summed E-state index contributed by atoms with van der Waals surface area (Å²) in [6.07, 6.45) is 2.38. The molecule has 0 saturated carbocycles. The Balaban J connectivity index is 1.43. The van der Waals surface area contributed by atoms with Gasteiger partial charge in [-0.15, -0.1) is 0 Å². The second-order valence-corrected chi connectivity index (χ2v) is 6.23. The molecule has 4 nitrogen and oxygen atoms in total. The van der Waals surface area contributed by atoms with Crippen LogP contribution in [0.1, 0.15) is 12.8 Å². The van der Waals surface area contributed by atoms with Crippen LogP contribution in [0.25, 0.3) is 10.9 Å². The summed E-state index contributed by atoms with van der Waals surface area (Å²) in [5.41, 5.74) is 1.09. The number of fused-ring (bicyclic) bond motifs is 1. The summed E-state index contributed by atoms with van der Waals surface area (Å²) in [7, 11) is 0. The first-order valence-electron chi connectivity index (χ1n) is 8.33. The molecule has 0 aliphatic carbocycles. The highest BCUT2D eigenvalue weighted by molar-refractivity contribution is 5.80. The van der Waals surface area contributed by atoms with Crippen LogP contribution >= 0.6 is 0 Å². The lowest BCUT2D eigenvalue weighted by atomic mass is 10.1. The summed E-state index contributed by atoms with van der Waals surface area (Å²) >= 11 is 0. The topological polar surface area (TPSA) is 28.6 Å². The van der Waals surface area contributed by atoms with Crippen LogP contribution in [0.15, 0.2) is 36.4 Å².